The van der Waals surface area contributed by atoms with E-state index in [0.717, 1.165) is 73.3 Å². The minimum atomic E-state index is -0.495. The van der Waals surface area contributed by atoms with Gasteiger partial charge in [-0.2, -0.15) is 0 Å². The fraction of sp³-hybridized carbons (Fsp3) is 0.0196. The lowest BCUT2D eigenvalue weighted by Gasteiger charge is -2.45. The van der Waals surface area contributed by atoms with Crippen LogP contribution in [0, 0.1) is 0 Å². The van der Waals surface area contributed by atoms with Crippen molar-refractivity contribution < 1.29 is 0 Å². The van der Waals surface area contributed by atoms with Crippen LogP contribution in [-0.4, -0.2) is 19.9 Å². The zero-order valence-electron chi connectivity index (χ0n) is 60.1. The summed E-state index contributed by atoms with van der Waals surface area (Å²) in [7, 11) is 0. The molecule has 112 heavy (non-hydrogen) atoms. The first-order valence-electron chi connectivity index (χ1n) is 37.7. The van der Waals surface area contributed by atoms with Crippen LogP contribution in [-0.2, 0) is 10.8 Å². The van der Waals surface area contributed by atoms with E-state index in [1.54, 1.807) is 0 Å². The highest BCUT2D eigenvalue weighted by Crippen LogP contribution is 2.69. The molecular weight excluding hydrogens is 1440 g/mol. The molecule has 6 aromatic heterocycles. The van der Waals surface area contributed by atoms with Crippen LogP contribution in [0.3, 0.4) is 0 Å². The number of rotatable bonds is 8. The van der Waals surface area contributed by atoms with Crippen LogP contribution in [0.4, 0.5) is 34.3 Å². The van der Waals surface area contributed by atoms with Crippen LogP contribution in [0.15, 0.2) is 373 Å². The second kappa shape index (κ2) is 25.6. The topological polar surface area (TPSA) is 58.0 Å². The summed E-state index contributed by atoms with van der Waals surface area (Å²) in [5.41, 5.74) is 25.5. The van der Waals surface area contributed by atoms with Gasteiger partial charge in [0, 0.05) is 59.1 Å². The van der Waals surface area contributed by atoms with Crippen molar-refractivity contribution in [2.75, 3.05) is 9.80 Å². The van der Waals surface area contributed by atoms with Gasteiger partial charge in [0.25, 0.3) is 0 Å². The minimum Gasteiger partial charge on any atom is -0.310 e. The van der Waals surface area contributed by atoms with E-state index in [4.69, 9.17) is 19.9 Å². The van der Waals surface area contributed by atoms with Gasteiger partial charge in [0.05, 0.1) is 50.7 Å². The molecule has 10 heteroatoms. The third-order valence-electron chi connectivity index (χ3n) is 23.2. The average Bonchev–Trinajstić information content (AvgIpc) is 1.45. The Morgan fingerprint density at radius 2 is 0.500 bits per heavy atom. The highest BCUT2D eigenvalue weighted by molar-refractivity contribution is 7.21. The van der Waals surface area contributed by atoms with Crippen molar-refractivity contribution in [1.82, 2.24) is 19.9 Å². The maximum atomic E-state index is 5.52. The SMILES string of the molecule is c1ccc(-c2cc(-c3cccc(N4c5cc6ccccc6cc5C5(c6cc7ccccc7cc64)c4ccsc4-c4sccc45)c3)nc(-c3ccccc3)n2)cc1.c1ccc(-c2ccc(-c3nc(-c4ccccc4)cc(N4c5cc6ccccc6cc5C5(c6cc7ccccc7cc64)c4ccsc4-c4sccc45)n3)cc2)cc1. The molecular formula is C102H62N6S4. The van der Waals surface area contributed by atoms with E-state index in [-0.39, 0.29) is 0 Å². The summed E-state index contributed by atoms with van der Waals surface area (Å²) in [6.07, 6.45) is 0. The molecule has 0 atom stereocenters. The van der Waals surface area contributed by atoms with Crippen molar-refractivity contribution in [3.63, 3.8) is 0 Å². The number of hydrogen-bond donors (Lipinski definition) is 0. The monoisotopic (exact) mass is 1500 g/mol. The molecule has 6 nitrogen and oxygen atoms in total. The van der Waals surface area contributed by atoms with E-state index in [9.17, 15) is 0 Å². The van der Waals surface area contributed by atoms with Crippen molar-refractivity contribution in [3.8, 4) is 87.2 Å². The van der Waals surface area contributed by atoms with Gasteiger partial charge in [0.1, 0.15) is 5.82 Å². The lowest BCUT2D eigenvalue weighted by Crippen LogP contribution is -2.36. The smallest absolute Gasteiger partial charge is 0.162 e. The van der Waals surface area contributed by atoms with Gasteiger partial charge in [-0.1, -0.05) is 255 Å². The number of aromatic nitrogens is 4. The molecule has 0 saturated heterocycles. The highest BCUT2D eigenvalue weighted by atomic mass is 32.1. The number of nitrogens with zero attached hydrogens (tertiary/aromatic N) is 6. The Balaban J connectivity index is 0.000000134. The van der Waals surface area contributed by atoms with Crippen molar-refractivity contribution >= 4 is 123 Å². The summed E-state index contributed by atoms with van der Waals surface area (Å²) in [6.45, 7) is 0. The molecule has 2 aliphatic heterocycles. The highest BCUT2D eigenvalue weighted by Gasteiger charge is 2.55. The van der Waals surface area contributed by atoms with Crippen molar-refractivity contribution in [2.24, 2.45) is 0 Å². The molecule has 524 valence electrons. The molecule has 8 heterocycles. The predicted molar refractivity (Wildman–Crippen MR) is 469 cm³/mol. The molecule has 20 aromatic rings. The van der Waals surface area contributed by atoms with E-state index in [2.05, 4.69) is 359 Å². The van der Waals surface area contributed by atoms with Gasteiger partial charge >= 0.3 is 0 Å². The Morgan fingerprint density at radius 3 is 0.902 bits per heavy atom. The minimum absolute atomic E-state index is 0.459. The quantitative estimate of drug-likeness (QED) is 0.151. The van der Waals surface area contributed by atoms with Gasteiger partial charge in [0.2, 0.25) is 0 Å². The Morgan fingerprint density at radius 1 is 0.205 bits per heavy atom. The van der Waals surface area contributed by atoms with E-state index in [1.165, 1.54) is 124 Å². The first-order chi connectivity index (χ1) is 55.5. The van der Waals surface area contributed by atoms with Crippen molar-refractivity contribution in [2.45, 2.75) is 10.8 Å². The number of anilines is 6. The molecule has 0 amide bonds. The van der Waals surface area contributed by atoms with E-state index < -0.39 is 10.8 Å². The molecule has 14 aromatic carbocycles. The zero-order chi connectivity index (χ0) is 73.6. The average molecular weight is 1500 g/mol. The third kappa shape index (κ3) is 9.92. The van der Waals surface area contributed by atoms with Crippen LogP contribution >= 0.6 is 45.3 Å². The van der Waals surface area contributed by atoms with Gasteiger partial charge in [-0.3, -0.25) is 4.90 Å². The fourth-order valence-corrected chi connectivity index (χ4v) is 22.5. The fourth-order valence-electron chi connectivity index (χ4n) is 18.3. The standard InChI is InChI=1S/2C51H31N3S2/c1-3-12-32(13-4-1)44-31-45(53-50(52-44)33-14-5-2-6-15-33)38-20-11-21-39(26-38)54-46-29-36-18-9-7-16-34(36)27-42(46)51(40-22-24-55-48(40)49-41(51)23-25-56-49)43-28-35-17-8-10-19-37(35)30-47(43)54;1-3-11-32(12-4-1)33-19-21-35(22-20-33)50-52-44(34-13-5-2-6-14-34)31-47(53-50)54-45-29-38-17-9-7-15-36(38)27-42(45)51(40-23-25-55-48(40)49-41(51)24-26-56-49)43-28-37-16-8-10-18-39(37)30-46(43)54/h2*1-31H. The van der Waals surface area contributed by atoms with Gasteiger partial charge < -0.3 is 4.90 Å². The van der Waals surface area contributed by atoms with E-state index >= 15 is 0 Å². The summed E-state index contributed by atoms with van der Waals surface area (Å²) in [6, 6.07) is 128. The maximum absolute atomic E-state index is 5.52. The Bertz CT molecular complexity index is 6850. The first-order valence-corrected chi connectivity index (χ1v) is 41.3. The van der Waals surface area contributed by atoms with Crippen molar-refractivity contribution in [3.05, 3.63) is 418 Å². The molecule has 2 spiro atoms. The second-order valence-corrected chi connectivity index (χ2v) is 32.8. The van der Waals surface area contributed by atoms with Gasteiger partial charge in [-0.25, -0.2) is 19.9 Å². The van der Waals surface area contributed by atoms with Gasteiger partial charge in [0.15, 0.2) is 11.6 Å². The van der Waals surface area contributed by atoms with Crippen LogP contribution in [0.5, 0.6) is 0 Å². The molecule has 24 rings (SSSR count). The second-order valence-electron chi connectivity index (χ2n) is 29.2. The molecule has 0 saturated carbocycles. The normalized spacial score (nSPS) is 13.5. The summed E-state index contributed by atoms with van der Waals surface area (Å²) in [4.78, 5) is 31.5. The lowest BCUT2D eigenvalue weighted by atomic mass is 9.64. The number of benzene rings is 14. The molecule has 2 aliphatic carbocycles. The Labute approximate surface area is 663 Å². The summed E-state index contributed by atoms with van der Waals surface area (Å²) < 4.78 is 0. The van der Waals surface area contributed by atoms with Crippen molar-refractivity contribution in [1.29, 1.82) is 0 Å². The molecule has 4 aliphatic rings. The number of fused-ring (bicyclic) bond motifs is 22. The Kier molecular flexibility index (Phi) is 14.8. The molecule has 0 fully saturated rings. The summed E-state index contributed by atoms with van der Waals surface area (Å²) in [5, 5.41) is 18.9. The lowest BCUT2D eigenvalue weighted by molar-refractivity contribution is 0.758. The number of hydrogen-bond acceptors (Lipinski definition) is 10. The van der Waals surface area contributed by atoms with E-state index in [1.807, 2.05) is 69.6 Å². The summed E-state index contributed by atoms with van der Waals surface area (Å²) in [5.74, 6) is 2.23. The van der Waals surface area contributed by atoms with Crippen LogP contribution in [0.1, 0.15) is 44.5 Å². The molecule has 0 bridgehead atoms. The largest absolute Gasteiger partial charge is 0.310 e. The zero-order valence-corrected chi connectivity index (χ0v) is 63.4. The number of thiophene rings is 4. The van der Waals surface area contributed by atoms with Crippen LogP contribution in [0.2, 0.25) is 0 Å². The maximum Gasteiger partial charge on any atom is 0.162 e. The predicted octanol–water partition coefficient (Wildman–Crippen LogP) is 28.1. The van der Waals surface area contributed by atoms with E-state index in [0.29, 0.717) is 11.6 Å². The first kappa shape index (κ1) is 64.7. The summed E-state index contributed by atoms with van der Waals surface area (Å²) >= 11 is 7.44. The Hall–Kier alpha value is -13.3. The third-order valence-corrected chi connectivity index (χ3v) is 27.2. The molecule has 0 unspecified atom stereocenters. The molecule has 0 N–H and O–H groups in total. The van der Waals surface area contributed by atoms with Gasteiger partial charge in [-0.05, 0) is 211 Å². The van der Waals surface area contributed by atoms with Crippen LogP contribution in [0.25, 0.3) is 130 Å². The van der Waals surface area contributed by atoms with Crippen LogP contribution < -0.4 is 9.80 Å². The van der Waals surface area contributed by atoms with Gasteiger partial charge in [-0.15, -0.1) is 45.3 Å². The molecule has 0 radical (unpaired) electrons.